The lowest BCUT2D eigenvalue weighted by Gasteiger charge is -2.19. The average molecular weight is 876 g/mol. The molecule has 0 bridgehead atoms. The molecule has 3 N–H and O–H groups in total. The maximum absolute atomic E-state index is 12.5. The summed E-state index contributed by atoms with van der Waals surface area (Å²) in [6, 6.07) is -0.649. The van der Waals surface area contributed by atoms with Crippen molar-refractivity contribution in [3.63, 3.8) is 0 Å². The van der Waals surface area contributed by atoms with Gasteiger partial charge in [-0.25, -0.2) is 0 Å². The molecule has 0 rings (SSSR count). The van der Waals surface area contributed by atoms with Gasteiger partial charge < -0.3 is 15.5 Å². The fraction of sp³-hybridized carbons (Fsp3) is 0.746. The molecular formula is C59H105NO3. The van der Waals surface area contributed by atoms with Gasteiger partial charge in [-0.05, 0) is 83.5 Å². The number of amides is 1. The Labute approximate surface area is 392 Å². The Hall–Kier alpha value is -2.43. The predicted octanol–water partition coefficient (Wildman–Crippen LogP) is 18.0. The molecule has 0 heterocycles. The van der Waals surface area contributed by atoms with Crippen molar-refractivity contribution < 1.29 is 15.0 Å². The molecule has 0 saturated carbocycles. The Morgan fingerprint density at radius 3 is 1.11 bits per heavy atom. The highest BCUT2D eigenvalue weighted by Crippen LogP contribution is 2.16. The number of hydrogen-bond donors (Lipinski definition) is 3. The molecule has 0 radical (unpaired) electrons. The van der Waals surface area contributed by atoms with Crippen molar-refractivity contribution in [1.82, 2.24) is 5.32 Å². The fourth-order valence-corrected chi connectivity index (χ4v) is 7.97. The van der Waals surface area contributed by atoms with Gasteiger partial charge >= 0.3 is 0 Å². The molecule has 0 fully saturated rings. The molecule has 0 aliphatic rings. The topological polar surface area (TPSA) is 69.6 Å². The minimum absolute atomic E-state index is 0.0776. The lowest BCUT2D eigenvalue weighted by atomic mass is 10.0. The zero-order chi connectivity index (χ0) is 45.6. The summed E-state index contributed by atoms with van der Waals surface area (Å²) in [6.45, 7) is 4.19. The molecule has 0 saturated heterocycles. The Kier molecular flexibility index (Phi) is 51.8. The summed E-state index contributed by atoms with van der Waals surface area (Å²) < 4.78 is 0. The zero-order valence-electron chi connectivity index (χ0n) is 41.8. The van der Waals surface area contributed by atoms with Gasteiger partial charge in [0.05, 0.1) is 18.8 Å². The summed E-state index contributed by atoms with van der Waals surface area (Å²) in [7, 11) is 0. The van der Waals surface area contributed by atoms with Gasteiger partial charge in [-0.2, -0.15) is 0 Å². The number of carbonyl (C=O) groups is 1. The van der Waals surface area contributed by atoms with Gasteiger partial charge in [-0.15, -0.1) is 0 Å². The van der Waals surface area contributed by atoms with Crippen molar-refractivity contribution in [1.29, 1.82) is 0 Å². The molecule has 0 aliphatic heterocycles. The largest absolute Gasteiger partial charge is 0.394 e. The normalized spacial score (nSPS) is 13.5. The molecule has 0 aromatic rings. The molecule has 2 atom stereocenters. The van der Waals surface area contributed by atoms with Gasteiger partial charge in [-0.3, -0.25) is 4.79 Å². The monoisotopic (exact) mass is 876 g/mol. The van der Waals surface area contributed by atoms with E-state index in [1.165, 1.54) is 180 Å². The van der Waals surface area contributed by atoms with Crippen LogP contribution in [0.4, 0.5) is 0 Å². The van der Waals surface area contributed by atoms with E-state index < -0.39 is 12.1 Å². The van der Waals surface area contributed by atoms with Crippen LogP contribution in [0.25, 0.3) is 0 Å². The quantitative estimate of drug-likeness (QED) is 0.0421. The van der Waals surface area contributed by atoms with Gasteiger partial charge in [0.25, 0.3) is 0 Å². The second-order valence-electron chi connectivity index (χ2n) is 18.2. The van der Waals surface area contributed by atoms with Crippen molar-refractivity contribution in [2.75, 3.05) is 6.61 Å². The first-order valence-corrected chi connectivity index (χ1v) is 27.3. The predicted molar refractivity (Wildman–Crippen MR) is 280 cm³/mol. The highest BCUT2D eigenvalue weighted by Gasteiger charge is 2.17. The van der Waals surface area contributed by atoms with Crippen LogP contribution in [0.3, 0.4) is 0 Å². The Morgan fingerprint density at radius 2 is 0.714 bits per heavy atom. The minimum atomic E-state index is -0.873. The SMILES string of the molecule is CC/C=C\C/C=C\C/C=C\C/C=C\CCCCCCCCCCCCCCCCCCCCC(=O)NC(CO)C(O)/C=C/CC/C=C/CC/C=C/CCCCCCCCCCCC. The first-order valence-electron chi connectivity index (χ1n) is 27.3. The molecule has 4 heteroatoms. The number of hydrogen-bond acceptors (Lipinski definition) is 3. The zero-order valence-corrected chi connectivity index (χ0v) is 41.8. The maximum atomic E-state index is 12.5. The molecule has 364 valence electrons. The van der Waals surface area contributed by atoms with Crippen molar-refractivity contribution in [2.45, 2.75) is 276 Å². The second-order valence-corrected chi connectivity index (χ2v) is 18.2. The van der Waals surface area contributed by atoms with Crippen molar-refractivity contribution in [3.8, 4) is 0 Å². The summed E-state index contributed by atoms with van der Waals surface area (Å²) in [6.07, 6.45) is 78.8. The highest BCUT2D eigenvalue weighted by molar-refractivity contribution is 5.76. The first kappa shape index (κ1) is 60.6. The van der Waals surface area contributed by atoms with E-state index in [2.05, 4.69) is 92.1 Å². The standard InChI is InChI=1S/C59H105NO3/c1-3-5-7-9-11-13-15-17-19-21-23-25-26-27-28-29-30-31-32-33-34-35-37-39-41-43-45-47-49-51-53-55-59(63)60-57(56-61)58(62)54-52-50-48-46-44-42-40-38-36-24-22-20-18-16-14-12-10-8-6-4-2/h5,7,11,13,17,19,23,25,36,38,44,46,52,54,57-58,61-62H,3-4,6,8-10,12,14-16,18,20-22,24,26-35,37,39-43,45,47-51,53,55-56H2,1-2H3,(H,60,63)/b7-5-,13-11-,19-17-,25-23-,38-36+,46-44+,54-52+. The van der Waals surface area contributed by atoms with Crippen LogP contribution in [-0.2, 0) is 4.79 Å². The molecule has 0 aromatic heterocycles. The Morgan fingerprint density at radius 1 is 0.397 bits per heavy atom. The number of unbranched alkanes of at least 4 members (excludes halogenated alkanes) is 30. The van der Waals surface area contributed by atoms with Crippen LogP contribution in [0.2, 0.25) is 0 Å². The maximum Gasteiger partial charge on any atom is 0.220 e. The molecule has 1 amide bonds. The molecular weight excluding hydrogens is 771 g/mol. The average Bonchev–Trinajstić information content (AvgIpc) is 3.29. The number of aliphatic hydroxyl groups is 2. The summed E-state index contributed by atoms with van der Waals surface area (Å²) >= 11 is 0. The van der Waals surface area contributed by atoms with Gasteiger partial charge in [0, 0.05) is 6.42 Å². The van der Waals surface area contributed by atoms with E-state index in [9.17, 15) is 15.0 Å². The third kappa shape index (κ3) is 50.4. The Bertz CT molecular complexity index is 1130. The smallest absolute Gasteiger partial charge is 0.220 e. The van der Waals surface area contributed by atoms with E-state index in [-0.39, 0.29) is 12.5 Å². The highest BCUT2D eigenvalue weighted by atomic mass is 16.3. The van der Waals surface area contributed by atoms with Crippen LogP contribution in [0.15, 0.2) is 85.1 Å². The van der Waals surface area contributed by atoms with Gasteiger partial charge in [0.15, 0.2) is 0 Å². The lowest BCUT2D eigenvalue weighted by molar-refractivity contribution is -0.123. The van der Waals surface area contributed by atoms with Crippen molar-refractivity contribution in [2.24, 2.45) is 0 Å². The van der Waals surface area contributed by atoms with E-state index >= 15 is 0 Å². The van der Waals surface area contributed by atoms with E-state index in [1.807, 2.05) is 6.08 Å². The molecule has 0 aliphatic carbocycles. The van der Waals surface area contributed by atoms with Gasteiger partial charge in [0.2, 0.25) is 5.91 Å². The fourth-order valence-electron chi connectivity index (χ4n) is 7.97. The van der Waals surface area contributed by atoms with Crippen molar-refractivity contribution in [3.05, 3.63) is 85.1 Å². The van der Waals surface area contributed by atoms with Crippen LogP contribution in [0.5, 0.6) is 0 Å². The van der Waals surface area contributed by atoms with Crippen LogP contribution >= 0.6 is 0 Å². The van der Waals surface area contributed by atoms with E-state index in [4.69, 9.17) is 0 Å². The number of allylic oxidation sites excluding steroid dienone is 13. The third-order valence-corrected chi connectivity index (χ3v) is 12.1. The number of rotatable bonds is 49. The van der Waals surface area contributed by atoms with E-state index in [0.717, 1.165) is 64.2 Å². The van der Waals surface area contributed by atoms with Crippen LogP contribution < -0.4 is 5.32 Å². The van der Waals surface area contributed by atoms with Crippen LogP contribution in [-0.4, -0.2) is 34.9 Å². The van der Waals surface area contributed by atoms with E-state index in [0.29, 0.717) is 6.42 Å². The summed E-state index contributed by atoms with van der Waals surface area (Å²) in [5.74, 6) is -0.0776. The first-order chi connectivity index (χ1) is 31.2. The lowest BCUT2D eigenvalue weighted by Crippen LogP contribution is -2.45. The number of nitrogens with one attached hydrogen (secondary N) is 1. The number of carbonyl (C=O) groups excluding carboxylic acids is 1. The molecule has 4 nitrogen and oxygen atoms in total. The van der Waals surface area contributed by atoms with Crippen LogP contribution in [0.1, 0.15) is 264 Å². The van der Waals surface area contributed by atoms with Crippen LogP contribution in [0, 0.1) is 0 Å². The number of aliphatic hydroxyl groups excluding tert-OH is 2. The van der Waals surface area contributed by atoms with Gasteiger partial charge in [0.1, 0.15) is 0 Å². The minimum Gasteiger partial charge on any atom is -0.394 e. The van der Waals surface area contributed by atoms with Gasteiger partial charge in [-0.1, -0.05) is 259 Å². The molecule has 63 heavy (non-hydrogen) atoms. The van der Waals surface area contributed by atoms with E-state index in [1.54, 1.807) is 6.08 Å². The molecule has 0 spiro atoms. The second kappa shape index (κ2) is 53.9. The molecule has 2 unspecified atom stereocenters. The summed E-state index contributed by atoms with van der Waals surface area (Å²) in [4.78, 5) is 12.5. The Balaban J connectivity index is 3.54. The summed E-state index contributed by atoms with van der Waals surface area (Å²) in [5.41, 5.74) is 0. The van der Waals surface area contributed by atoms with Crippen molar-refractivity contribution >= 4 is 5.91 Å². The summed E-state index contributed by atoms with van der Waals surface area (Å²) in [5, 5.41) is 23.1. The molecule has 0 aromatic carbocycles. The third-order valence-electron chi connectivity index (χ3n) is 12.1.